The molecule has 4 rings (SSSR count). The smallest absolute Gasteiger partial charge is 0.265 e. The van der Waals surface area contributed by atoms with Crippen LogP contribution in [0.1, 0.15) is 10.4 Å². The quantitative estimate of drug-likeness (QED) is 0.479. The van der Waals surface area contributed by atoms with Crippen molar-refractivity contribution < 1.29 is 14.3 Å². The lowest BCUT2D eigenvalue weighted by atomic mass is 10.1. The highest BCUT2D eigenvalue weighted by Crippen LogP contribution is 2.36. The number of hydrogen-bond donors (Lipinski definition) is 0. The molecule has 140 valence electrons. The second-order valence-electron chi connectivity index (χ2n) is 6.03. The predicted molar refractivity (Wildman–Crippen MR) is 107 cm³/mol. The number of methoxy groups -OCH3 is 2. The van der Waals surface area contributed by atoms with Gasteiger partial charge in [0.1, 0.15) is 10.8 Å². The molecule has 0 saturated carbocycles. The molecular formula is C21H16ClN3O3. The zero-order valence-electron chi connectivity index (χ0n) is 15.2. The van der Waals surface area contributed by atoms with Gasteiger partial charge in [-0.05, 0) is 42.0 Å². The maximum atomic E-state index is 13.0. The zero-order valence-corrected chi connectivity index (χ0v) is 16.0. The van der Waals surface area contributed by atoms with Crippen LogP contribution in [-0.2, 0) is 0 Å². The van der Waals surface area contributed by atoms with Gasteiger partial charge in [0.2, 0.25) is 0 Å². The van der Waals surface area contributed by atoms with Crippen LogP contribution in [0.4, 0.5) is 0 Å². The van der Waals surface area contributed by atoms with Gasteiger partial charge in [0.15, 0.2) is 11.5 Å². The van der Waals surface area contributed by atoms with Crippen molar-refractivity contribution in [3.8, 4) is 22.6 Å². The first-order valence-electron chi connectivity index (χ1n) is 8.47. The molecule has 0 radical (unpaired) electrons. The summed E-state index contributed by atoms with van der Waals surface area (Å²) in [6.07, 6.45) is 4.88. The molecule has 3 heterocycles. The third-order valence-corrected chi connectivity index (χ3v) is 4.67. The minimum Gasteiger partial charge on any atom is -0.493 e. The summed E-state index contributed by atoms with van der Waals surface area (Å²) in [6.45, 7) is 0. The topological polar surface area (TPSA) is 66.2 Å². The molecule has 0 unspecified atom stereocenters. The maximum absolute atomic E-state index is 13.0. The summed E-state index contributed by atoms with van der Waals surface area (Å²) in [5.74, 6) is 1.01. The lowest BCUT2D eigenvalue weighted by molar-refractivity contribution is 0.0964. The van der Waals surface area contributed by atoms with Crippen molar-refractivity contribution in [1.29, 1.82) is 0 Å². The number of nitrogens with zero attached hydrogens (tertiary/aromatic N) is 3. The van der Waals surface area contributed by atoms with Gasteiger partial charge in [0.25, 0.3) is 5.91 Å². The Labute approximate surface area is 166 Å². The van der Waals surface area contributed by atoms with Crippen LogP contribution in [0.2, 0.25) is 5.15 Å². The molecule has 7 heteroatoms. The molecule has 0 atom stereocenters. The van der Waals surface area contributed by atoms with Crippen LogP contribution in [0.25, 0.3) is 22.2 Å². The monoisotopic (exact) mass is 393 g/mol. The van der Waals surface area contributed by atoms with E-state index in [1.807, 2.05) is 30.3 Å². The van der Waals surface area contributed by atoms with Crippen molar-refractivity contribution in [1.82, 2.24) is 14.5 Å². The van der Waals surface area contributed by atoms with Gasteiger partial charge >= 0.3 is 0 Å². The summed E-state index contributed by atoms with van der Waals surface area (Å²) < 4.78 is 12.2. The maximum Gasteiger partial charge on any atom is 0.265 e. The van der Waals surface area contributed by atoms with E-state index in [9.17, 15) is 4.79 Å². The van der Waals surface area contributed by atoms with Crippen LogP contribution in [0, 0.1) is 0 Å². The largest absolute Gasteiger partial charge is 0.493 e. The summed E-state index contributed by atoms with van der Waals surface area (Å²) in [5, 5.41) is 1.18. The Morgan fingerprint density at radius 1 is 1.04 bits per heavy atom. The number of aromatic nitrogens is 3. The number of halogens is 1. The fourth-order valence-corrected chi connectivity index (χ4v) is 3.20. The number of fused-ring (bicyclic) bond motifs is 1. The molecule has 0 amide bonds. The van der Waals surface area contributed by atoms with Gasteiger partial charge in [-0.1, -0.05) is 17.7 Å². The van der Waals surface area contributed by atoms with Crippen molar-refractivity contribution in [2.45, 2.75) is 0 Å². The first kappa shape index (κ1) is 18.0. The van der Waals surface area contributed by atoms with Gasteiger partial charge < -0.3 is 9.47 Å². The van der Waals surface area contributed by atoms with Crippen LogP contribution >= 0.6 is 11.6 Å². The van der Waals surface area contributed by atoms with Crippen LogP contribution in [0.3, 0.4) is 0 Å². The average Bonchev–Trinajstić information content (AvgIpc) is 3.13. The number of carbonyl (C=O) groups is 1. The third kappa shape index (κ3) is 3.08. The highest BCUT2D eigenvalue weighted by Gasteiger charge is 2.18. The van der Waals surface area contributed by atoms with Crippen molar-refractivity contribution in [3.05, 3.63) is 71.8 Å². The van der Waals surface area contributed by atoms with Gasteiger partial charge in [-0.15, -0.1) is 0 Å². The standard InChI is InChI=1S/C21H16ClN3O3/c1-27-17-7-5-13(10-18(17)28-2)16-12-25(20-15(16)4-3-9-23-20)21(26)14-6-8-19(22)24-11-14/h3-12H,1-2H3. The third-order valence-electron chi connectivity index (χ3n) is 4.45. The summed E-state index contributed by atoms with van der Waals surface area (Å²) >= 11 is 5.83. The molecule has 3 aromatic heterocycles. The number of rotatable bonds is 4. The van der Waals surface area contributed by atoms with E-state index in [1.165, 1.54) is 10.8 Å². The van der Waals surface area contributed by atoms with Crippen LogP contribution in [0.5, 0.6) is 11.5 Å². The van der Waals surface area contributed by atoms with Gasteiger partial charge in [-0.25, -0.2) is 9.97 Å². The molecule has 0 fully saturated rings. The molecule has 28 heavy (non-hydrogen) atoms. The second-order valence-corrected chi connectivity index (χ2v) is 6.42. The minimum absolute atomic E-state index is 0.236. The van der Waals surface area contributed by atoms with Gasteiger partial charge in [-0.3, -0.25) is 9.36 Å². The van der Waals surface area contributed by atoms with E-state index in [1.54, 1.807) is 38.7 Å². The lowest BCUT2D eigenvalue weighted by Gasteiger charge is -2.09. The summed E-state index contributed by atoms with van der Waals surface area (Å²) in [6, 6.07) is 12.6. The Hall–Kier alpha value is -3.38. The van der Waals surface area contributed by atoms with Crippen molar-refractivity contribution in [3.63, 3.8) is 0 Å². The molecule has 6 nitrogen and oxygen atoms in total. The first-order chi connectivity index (χ1) is 13.6. The number of hydrogen-bond acceptors (Lipinski definition) is 5. The van der Waals surface area contributed by atoms with Crippen LogP contribution < -0.4 is 9.47 Å². The molecule has 0 saturated heterocycles. The van der Waals surface area contributed by atoms with Crippen molar-refractivity contribution in [2.75, 3.05) is 14.2 Å². The van der Waals surface area contributed by atoms with E-state index in [0.717, 1.165) is 16.5 Å². The second kappa shape index (κ2) is 7.32. The first-order valence-corrected chi connectivity index (χ1v) is 8.85. The Balaban J connectivity index is 1.88. The zero-order chi connectivity index (χ0) is 19.7. The number of pyridine rings is 2. The fourth-order valence-electron chi connectivity index (χ4n) is 3.09. The Bertz CT molecular complexity index is 1170. The fraction of sp³-hybridized carbons (Fsp3) is 0.0952. The van der Waals surface area contributed by atoms with Gasteiger partial charge in [-0.2, -0.15) is 0 Å². The molecule has 0 aliphatic heterocycles. The highest BCUT2D eigenvalue weighted by molar-refractivity contribution is 6.29. The number of ether oxygens (including phenoxy) is 2. The van der Waals surface area contributed by atoms with E-state index in [4.69, 9.17) is 21.1 Å². The lowest BCUT2D eigenvalue weighted by Crippen LogP contribution is -2.11. The van der Waals surface area contributed by atoms with Crippen LogP contribution in [-0.4, -0.2) is 34.7 Å². The molecule has 0 spiro atoms. The Kier molecular flexibility index (Phi) is 4.71. The number of benzene rings is 1. The minimum atomic E-state index is -0.236. The van der Waals surface area contributed by atoms with Gasteiger partial charge in [0, 0.05) is 29.5 Å². The Morgan fingerprint density at radius 2 is 1.86 bits per heavy atom. The molecule has 4 aromatic rings. The van der Waals surface area contributed by atoms with E-state index in [0.29, 0.717) is 27.9 Å². The van der Waals surface area contributed by atoms with E-state index in [-0.39, 0.29) is 5.91 Å². The summed E-state index contributed by atoms with van der Waals surface area (Å²) in [4.78, 5) is 21.4. The summed E-state index contributed by atoms with van der Waals surface area (Å²) in [5.41, 5.74) is 2.73. The molecule has 1 aromatic carbocycles. The van der Waals surface area contributed by atoms with E-state index < -0.39 is 0 Å². The van der Waals surface area contributed by atoms with Crippen molar-refractivity contribution in [2.24, 2.45) is 0 Å². The molecule has 0 aliphatic rings. The average molecular weight is 394 g/mol. The molecule has 0 N–H and O–H groups in total. The number of carbonyl (C=O) groups excluding carboxylic acids is 1. The molecule has 0 bridgehead atoms. The van der Waals surface area contributed by atoms with Gasteiger partial charge in [0.05, 0.1) is 19.8 Å². The SMILES string of the molecule is COc1ccc(-c2cn(C(=O)c3ccc(Cl)nc3)c3ncccc23)cc1OC. The summed E-state index contributed by atoms with van der Waals surface area (Å²) in [7, 11) is 3.18. The molecular weight excluding hydrogens is 378 g/mol. The predicted octanol–water partition coefficient (Wildman–Crippen LogP) is 4.46. The molecule has 0 aliphatic carbocycles. The normalized spacial score (nSPS) is 10.8. The highest BCUT2D eigenvalue weighted by atomic mass is 35.5. The van der Waals surface area contributed by atoms with E-state index in [2.05, 4.69) is 9.97 Å². The van der Waals surface area contributed by atoms with Crippen LogP contribution in [0.15, 0.2) is 61.1 Å². The Morgan fingerprint density at radius 3 is 2.57 bits per heavy atom. The van der Waals surface area contributed by atoms with Crippen molar-refractivity contribution >= 4 is 28.5 Å². The van der Waals surface area contributed by atoms with E-state index >= 15 is 0 Å².